The third-order valence-corrected chi connectivity index (χ3v) is 10.5. The van der Waals surface area contributed by atoms with Crippen molar-refractivity contribution in [2.75, 3.05) is 18.2 Å². The molecule has 0 saturated heterocycles. The minimum absolute atomic E-state index is 0.0994. The molecular weight excluding hydrogens is 539 g/mol. The Balaban J connectivity index is 1.55. The van der Waals surface area contributed by atoms with E-state index in [4.69, 9.17) is 9.72 Å². The number of nitrogens with zero attached hydrogens (tertiary/aromatic N) is 2. The van der Waals surface area contributed by atoms with Crippen molar-refractivity contribution in [3.63, 3.8) is 0 Å². The van der Waals surface area contributed by atoms with Gasteiger partial charge in [0.1, 0.15) is 10.6 Å². The number of hydrogen-bond acceptors (Lipinski definition) is 6. The monoisotopic (exact) mass is 575 g/mol. The summed E-state index contributed by atoms with van der Waals surface area (Å²) >= 11 is 2.92. The second kappa shape index (κ2) is 11.4. The SMILES string of the molecule is CCC(C)(C)C1CCc2c(sc3nc(SCC(=O)Nc4cc(C)ccc4C)n(-c4ccccc4OC)c(=O)c23)C1. The normalized spacial score (nSPS) is 15.2. The molecule has 1 aliphatic rings. The van der Waals surface area contributed by atoms with Crippen molar-refractivity contribution in [1.82, 2.24) is 9.55 Å². The van der Waals surface area contributed by atoms with Crippen LogP contribution in [0.2, 0.25) is 0 Å². The van der Waals surface area contributed by atoms with Crippen molar-refractivity contribution in [2.24, 2.45) is 11.3 Å². The van der Waals surface area contributed by atoms with Crippen LogP contribution in [-0.4, -0.2) is 28.3 Å². The molecule has 1 atom stereocenters. The lowest BCUT2D eigenvalue weighted by Crippen LogP contribution is -2.29. The fraction of sp³-hybridized carbons (Fsp3) is 0.406. The Morgan fingerprint density at radius 1 is 1.23 bits per heavy atom. The number of aryl methyl sites for hydroxylation is 3. The summed E-state index contributed by atoms with van der Waals surface area (Å²) in [6.07, 6.45) is 4.06. The number of thiophene rings is 1. The fourth-order valence-corrected chi connectivity index (χ4v) is 7.62. The van der Waals surface area contributed by atoms with Crippen molar-refractivity contribution < 1.29 is 9.53 Å². The van der Waals surface area contributed by atoms with E-state index in [0.717, 1.165) is 52.9 Å². The van der Waals surface area contributed by atoms with Crippen LogP contribution in [0.4, 0.5) is 5.69 Å². The van der Waals surface area contributed by atoms with E-state index < -0.39 is 0 Å². The third-order valence-electron chi connectivity index (χ3n) is 8.39. The first-order chi connectivity index (χ1) is 19.1. The van der Waals surface area contributed by atoms with Crippen LogP contribution in [0.5, 0.6) is 5.75 Å². The molecule has 2 aromatic heterocycles. The Morgan fingerprint density at radius 3 is 2.75 bits per heavy atom. The highest BCUT2D eigenvalue weighted by Crippen LogP contribution is 2.44. The molecule has 1 aliphatic carbocycles. The zero-order valence-corrected chi connectivity index (χ0v) is 25.7. The van der Waals surface area contributed by atoms with Crippen LogP contribution in [-0.2, 0) is 17.6 Å². The molecule has 8 heteroatoms. The van der Waals surface area contributed by atoms with E-state index in [2.05, 4.69) is 26.1 Å². The summed E-state index contributed by atoms with van der Waals surface area (Å²) in [4.78, 5) is 34.3. The highest BCUT2D eigenvalue weighted by molar-refractivity contribution is 7.99. The predicted molar refractivity (Wildman–Crippen MR) is 167 cm³/mol. The van der Waals surface area contributed by atoms with Gasteiger partial charge in [-0.1, -0.05) is 63.2 Å². The summed E-state index contributed by atoms with van der Waals surface area (Å²) in [5.41, 5.74) is 4.81. The Bertz CT molecular complexity index is 1640. The number of amides is 1. The van der Waals surface area contributed by atoms with Gasteiger partial charge in [0.15, 0.2) is 5.16 Å². The van der Waals surface area contributed by atoms with Crippen molar-refractivity contribution in [2.45, 2.75) is 65.5 Å². The molecule has 1 N–H and O–H groups in total. The highest BCUT2D eigenvalue weighted by atomic mass is 32.2. The van der Waals surface area contributed by atoms with Crippen LogP contribution in [0.1, 0.15) is 55.2 Å². The number of nitrogens with one attached hydrogen (secondary N) is 1. The van der Waals surface area contributed by atoms with Gasteiger partial charge in [0.25, 0.3) is 5.56 Å². The molecule has 0 saturated carbocycles. The number of carbonyl (C=O) groups is 1. The number of methoxy groups -OCH3 is 1. The van der Waals surface area contributed by atoms with Crippen LogP contribution in [0.15, 0.2) is 52.4 Å². The largest absolute Gasteiger partial charge is 0.495 e. The number of rotatable bonds is 8. The van der Waals surface area contributed by atoms with Crippen molar-refractivity contribution in [3.8, 4) is 11.4 Å². The second-order valence-electron chi connectivity index (χ2n) is 11.3. The van der Waals surface area contributed by atoms with Gasteiger partial charge >= 0.3 is 0 Å². The molecule has 1 unspecified atom stereocenters. The number of benzene rings is 2. The zero-order valence-electron chi connectivity index (χ0n) is 24.1. The van der Waals surface area contributed by atoms with Crippen LogP contribution in [0.3, 0.4) is 0 Å². The van der Waals surface area contributed by atoms with Crippen LogP contribution < -0.4 is 15.6 Å². The van der Waals surface area contributed by atoms with Crippen molar-refractivity contribution >= 4 is 44.9 Å². The Labute approximate surface area is 244 Å². The number of carbonyl (C=O) groups excluding carboxylic acids is 1. The molecule has 40 heavy (non-hydrogen) atoms. The summed E-state index contributed by atoms with van der Waals surface area (Å²) in [5, 5.41) is 4.22. The highest BCUT2D eigenvalue weighted by Gasteiger charge is 2.34. The predicted octanol–water partition coefficient (Wildman–Crippen LogP) is 7.34. The molecule has 0 bridgehead atoms. The Morgan fingerprint density at radius 2 is 2.00 bits per heavy atom. The number of aromatic nitrogens is 2. The molecule has 0 radical (unpaired) electrons. The summed E-state index contributed by atoms with van der Waals surface area (Å²) in [6, 6.07) is 13.5. The van der Waals surface area contributed by atoms with Gasteiger partial charge in [-0.25, -0.2) is 4.98 Å². The van der Waals surface area contributed by atoms with E-state index in [1.807, 2.05) is 56.3 Å². The second-order valence-corrected chi connectivity index (χ2v) is 13.4. The average Bonchev–Trinajstić information content (AvgIpc) is 3.32. The summed E-state index contributed by atoms with van der Waals surface area (Å²) in [6.45, 7) is 10.9. The van der Waals surface area contributed by atoms with Gasteiger partial charge in [-0.15, -0.1) is 11.3 Å². The van der Waals surface area contributed by atoms with Gasteiger partial charge in [-0.3, -0.25) is 14.2 Å². The molecule has 2 heterocycles. The fourth-order valence-electron chi connectivity index (χ4n) is 5.47. The van der Waals surface area contributed by atoms with Crippen molar-refractivity contribution in [3.05, 3.63) is 74.4 Å². The van der Waals surface area contributed by atoms with E-state index in [-0.39, 0.29) is 22.6 Å². The topological polar surface area (TPSA) is 73.2 Å². The van der Waals surface area contributed by atoms with E-state index in [1.54, 1.807) is 23.0 Å². The van der Waals surface area contributed by atoms with E-state index in [1.165, 1.54) is 16.6 Å². The van der Waals surface area contributed by atoms with Crippen LogP contribution in [0.25, 0.3) is 15.9 Å². The van der Waals surface area contributed by atoms with Crippen LogP contribution in [0, 0.1) is 25.2 Å². The summed E-state index contributed by atoms with van der Waals surface area (Å²) < 4.78 is 7.27. The number of fused-ring (bicyclic) bond motifs is 3. The molecule has 0 fully saturated rings. The zero-order chi connectivity index (χ0) is 28.6. The molecule has 5 rings (SSSR count). The molecule has 1 amide bonds. The Kier molecular flexibility index (Phi) is 8.11. The summed E-state index contributed by atoms with van der Waals surface area (Å²) in [7, 11) is 1.60. The number of thioether (sulfide) groups is 1. The maximum atomic E-state index is 14.3. The average molecular weight is 576 g/mol. The van der Waals surface area contributed by atoms with Gasteiger partial charge in [-0.2, -0.15) is 0 Å². The number of para-hydroxylation sites is 2. The molecular formula is C32H37N3O3S2. The maximum absolute atomic E-state index is 14.3. The van der Waals surface area contributed by atoms with E-state index in [0.29, 0.717) is 27.9 Å². The minimum atomic E-state index is -0.144. The van der Waals surface area contributed by atoms with Gasteiger partial charge in [0.2, 0.25) is 5.91 Å². The number of hydrogen-bond donors (Lipinski definition) is 1. The molecule has 0 spiro atoms. The molecule has 6 nitrogen and oxygen atoms in total. The quantitative estimate of drug-likeness (QED) is 0.176. The van der Waals surface area contributed by atoms with Gasteiger partial charge < -0.3 is 10.1 Å². The maximum Gasteiger partial charge on any atom is 0.267 e. The molecule has 210 valence electrons. The first kappa shape index (κ1) is 28.4. The van der Waals surface area contributed by atoms with E-state index in [9.17, 15) is 9.59 Å². The van der Waals surface area contributed by atoms with Crippen molar-refractivity contribution in [1.29, 1.82) is 0 Å². The first-order valence-electron chi connectivity index (χ1n) is 13.8. The molecule has 2 aromatic carbocycles. The summed E-state index contributed by atoms with van der Waals surface area (Å²) in [5.74, 6) is 1.14. The van der Waals surface area contributed by atoms with Gasteiger partial charge in [-0.05, 0) is 79.3 Å². The lowest BCUT2D eigenvalue weighted by molar-refractivity contribution is -0.113. The lowest BCUT2D eigenvalue weighted by atomic mass is 9.70. The number of anilines is 1. The van der Waals surface area contributed by atoms with Gasteiger partial charge in [0, 0.05) is 10.6 Å². The lowest BCUT2D eigenvalue weighted by Gasteiger charge is -2.36. The first-order valence-corrected chi connectivity index (χ1v) is 15.6. The van der Waals surface area contributed by atoms with E-state index >= 15 is 0 Å². The smallest absolute Gasteiger partial charge is 0.267 e. The molecule has 4 aromatic rings. The third kappa shape index (κ3) is 5.44. The standard InChI is InChI=1S/C32H37N3O3S2/c1-7-32(4,5)21-14-15-22-26(17-21)40-29-28(22)30(37)35(24-10-8-9-11-25(24)38-6)31(34-29)39-18-27(36)33-23-16-19(2)12-13-20(23)3/h8-13,16,21H,7,14-15,17-18H2,1-6H3,(H,33,36). The number of ether oxygens (including phenoxy) is 1. The Hall–Kier alpha value is -3.10. The minimum Gasteiger partial charge on any atom is -0.495 e. The van der Waals surface area contributed by atoms with Crippen LogP contribution >= 0.6 is 23.1 Å². The van der Waals surface area contributed by atoms with Gasteiger partial charge in [0.05, 0.1) is 23.9 Å². The molecule has 0 aliphatic heterocycles.